The van der Waals surface area contributed by atoms with Crippen molar-refractivity contribution in [3.63, 3.8) is 0 Å². The van der Waals surface area contributed by atoms with Gasteiger partial charge in [-0.15, -0.1) is 0 Å². The first-order valence-corrected chi connectivity index (χ1v) is 26.3. The summed E-state index contributed by atoms with van der Waals surface area (Å²) >= 11 is 0. The summed E-state index contributed by atoms with van der Waals surface area (Å²) in [5, 5.41) is 5.18. The number of nitrogens with one attached hydrogen (secondary N) is 1. The van der Waals surface area contributed by atoms with E-state index in [1.807, 2.05) is 54.0 Å². The van der Waals surface area contributed by atoms with Crippen molar-refractivity contribution in [2.24, 2.45) is 11.8 Å². The van der Waals surface area contributed by atoms with Crippen LogP contribution in [0.1, 0.15) is 135 Å². The van der Waals surface area contributed by atoms with Crippen molar-refractivity contribution in [3.8, 4) is 0 Å². The van der Waals surface area contributed by atoms with Crippen LogP contribution in [0, 0.1) is 11.8 Å². The fourth-order valence-corrected chi connectivity index (χ4v) is 13.9. The van der Waals surface area contributed by atoms with Crippen molar-refractivity contribution in [2.75, 3.05) is 50.8 Å². The van der Waals surface area contributed by atoms with E-state index in [0.29, 0.717) is 60.3 Å². The van der Waals surface area contributed by atoms with Crippen molar-refractivity contribution in [3.05, 3.63) is 70.0 Å². The zero-order valence-corrected chi connectivity index (χ0v) is 38.4. The van der Waals surface area contributed by atoms with Crippen LogP contribution < -0.4 is 5.32 Å². The highest BCUT2D eigenvalue weighted by atomic mass is 32.2. The van der Waals surface area contributed by atoms with E-state index in [1.165, 1.54) is 25.7 Å². The summed E-state index contributed by atoms with van der Waals surface area (Å²) in [6.45, 7) is 14.6. The van der Waals surface area contributed by atoms with E-state index in [2.05, 4.69) is 24.1 Å². The van der Waals surface area contributed by atoms with E-state index < -0.39 is 20.0 Å². The molecule has 14 heteroatoms. The van der Waals surface area contributed by atoms with E-state index in [4.69, 9.17) is 0 Å². The fourth-order valence-electron chi connectivity index (χ4n) is 10.6. The number of hydrogen-bond donors (Lipinski definition) is 1. The molecule has 2 amide bonds. The molecule has 332 valence electrons. The van der Waals surface area contributed by atoms with Gasteiger partial charge in [0.1, 0.15) is 0 Å². The first-order chi connectivity index (χ1) is 29.3. The Balaban J connectivity index is 0.000000171. The Labute approximate surface area is 363 Å². The molecule has 2 aromatic carbocycles. The first kappa shape index (κ1) is 43.9. The van der Waals surface area contributed by atoms with Crippen LogP contribution >= 0.6 is 0 Å². The smallest absolute Gasteiger partial charge is 0.253 e. The molecular weight excluding hydrogens is 809 g/mol. The van der Waals surface area contributed by atoms with Gasteiger partial charge in [-0.3, -0.25) is 14.5 Å². The summed E-state index contributed by atoms with van der Waals surface area (Å²) in [4.78, 5) is 32.7. The van der Waals surface area contributed by atoms with Crippen molar-refractivity contribution < 1.29 is 26.4 Å². The zero-order chi connectivity index (χ0) is 43.1. The van der Waals surface area contributed by atoms with Gasteiger partial charge in [0, 0.05) is 105 Å². The Bertz CT molecular complexity index is 2490. The van der Waals surface area contributed by atoms with Gasteiger partial charge in [0.15, 0.2) is 0 Å². The highest BCUT2D eigenvalue weighted by molar-refractivity contribution is 7.90. The van der Waals surface area contributed by atoms with Crippen LogP contribution in [0.4, 0.5) is 0 Å². The minimum absolute atomic E-state index is 0.0514. The molecular formula is C47H66N6O6S2. The lowest BCUT2D eigenvalue weighted by Gasteiger charge is -2.33. The number of fused-ring (bicyclic) bond motifs is 6. The summed E-state index contributed by atoms with van der Waals surface area (Å²) in [7, 11) is -6.83. The Morgan fingerprint density at radius 3 is 1.61 bits per heavy atom. The van der Waals surface area contributed by atoms with Crippen molar-refractivity contribution >= 4 is 53.7 Å². The minimum atomic E-state index is -3.43. The first-order valence-electron chi connectivity index (χ1n) is 23.1. The summed E-state index contributed by atoms with van der Waals surface area (Å²) in [5.74, 6) is 1.73. The molecule has 0 unspecified atom stereocenters. The number of likely N-dealkylation sites (tertiary alicyclic amines) is 2. The number of carbonyl (C=O) groups excluding carboxylic acids is 2. The quantitative estimate of drug-likeness (QED) is 0.188. The van der Waals surface area contributed by atoms with Crippen molar-refractivity contribution in [1.82, 2.24) is 28.0 Å². The molecule has 61 heavy (non-hydrogen) atoms. The van der Waals surface area contributed by atoms with Gasteiger partial charge in [0.05, 0.1) is 22.5 Å². The Hall–Kier alpha value is -3.72. The van der Waals surface area contributed by atoms with Gasteiger partial charge >= 0.3 is 0 Å². The molecule has 4 aromatic rings. The number of hydrogen-bond acceptors (Lipinski definition) is 8. The van der Waals surface area contributed by atoms with Crippen LogP contribution in [-0.4, -0.2) is 108 Å². The molecule has 2 aromatic heterocycles. The molecule has 0 atom stereocenters. The summed E-state index contributed by atoms with van der Waals surface area (Å²) in [6, 6.07) is 11.8. The molecule has 6 heterocycles. The van der Waals surface area contributed by atoms with Crippen LogP contribution in [0.3, 0.4) is 0 Å². The number of benzene rings is 2. The topological polar surface area (TPSA) is 134 Å². The van der Waals surface area contributed by atoms with Crippen molar-refractivity contribution in [1.29, 1.82) is 0 Å². The van der Waals surface area contributed by atoms with Crippen LogP contribution in [-0.2, 0) is 46.0 Å². The van der Waals surface area contributed by atoms with Gasteiger partial charge in [0.2, 0.25) is 20.0 Å². The molecule has 0 bridgehead atoms. The number of piperidine rings is 2. The third kappa shape index (κ3) is 8.80. The summed E-state index contributed by atoms with van der Waals surface area (Å²) < 4.78 is 55.6. The summed E-state index contributed by atoms with van der Waals surface area (Å²) in [6.07, 6.45) is 11.8. The Kier molecular flexibility index (Phi) is 13.1. The monoisotopic (exact) mass is 874 g/mol. The largest absolute Gasteiger partial charge is 0.339 e. The molecule has 1 N–H and O–H groups in total. The maximum atomic E-state index is 13.3. The number of carbonyl (C=O) groups is 2. The zero-order valence-electron chi connectivity index (χ0n) is 36.8. The van der Waals surface area contributed by atoms with Gasteiger partial charge in [-0.25, -0.2) is 24.8 Å². The van der Waals surface area contributed by atoms with Crippen LogP contribution in [0.5, 0.6) is 0 Å². The highest BCUT2D eigenvalue weighted by Crippen LogP contribution is 2.37. The predicted octanol–water partition coefficient (Wildman–Crippen LogP) is 7.15. The lowest BCUT2D eigenvalue weighted by Crippen LogP contribution is -2.38. The number of nitrogens with zero attached hydrogens (tertiary/aromatic N) is 5. The highest BCUT2D eigenvalue weighted by Gasteiger charge is 2.34. The molecule has 9 rings (SSSR count). The van der Waals surface area contributed by atoms with E-state index in [9.17, 15) is 26.4 Å². The standard InChI is InChI=1S/C26H37N3O3S.C21H29N3O3S/c1-3-16-33(31,32)29-24-9-8-20(26(30)27-13-10-19(2)11-14-27)17-22(24)23-18-28(15-12-25(23)29)21-6-4-5-7-21;1-3-12-28(26,27)24-19-5-4-16(21(25)23-10-7-15(2)8-11-23)13-17(19)18-14-22-9-6-20(18)24/h8-9,17,19,21H,3-7,10-16,18H2,1-2H3;4-5,13,15,22H,3,6-12,14H2,1-2H3. The third-order valence-corrected chi connectivity index (χ3v) is 17.9. The second-order valence-corrected chi connectivity index (χ2v) is 22.4. The van der Waals surface area contributed by atoms with Gasteiger partial charge < -0.3 is 15.1 Å². The van der Waals surface area contributed by atoms with E-state index in [-0.39, 0.29) is 23.3 Å². The van der Waals surface area contributed by atoms with Crippen LogP contribution in [0.2, 0.25) is 0 Å². The van der Waals surface area contributed by atoms with Crippen LogP contribution in [0.15, 0.2) is 36.4 Å². The molecule has 1 saturated carbocycles. The fraction of sp³-hybridized carbons (Fsp3) is 0.617. The van der Waals surface area contributed by atoms with E-state index in [1.54, 1.807) is 14.0 Å². The third-order valence-electron chi connectivity index (χ3n) is 14.1. The van der Waals surface area contributed by atoms with Gasteiger partial charge in [-0.2, -0.15) is 0 Å². The normalized spacial score (nSPS) is 19.9. The molecule has 0 spiro atoms. The van der Waals surface area contributed by atoms with Gasteiger partial charge in [0.25, 0.3) is 11.8 Å². The minimum Gasteiger partial charge on any atom is -0.339 e. The van der Waals surface area contributed by atoms with Crippen LogP contribution in [0.25, 0.3) is 21.8 Å². The molecule has 4 aliphatic heterocycles. The maximum Gasteiger partial charge on any atom is 0.253 e. The molecule has 2 saturated heterocycles. The van der Waals surface area contributed by atoms with E-state index in [0.717, 1.165) is 117 Å². The lowest BCUT2D eigenvalue weighted by atomic mass is 9.98. The van der Waals surface area contributed by atoms with E-state index >= 15 is 0 Å². The number of amides is 2. The Morgan fingerprint density at radius 2 is 1.11 bits per heavy atom. The lowest BCUT2D eigenvalue weighted by molar-refractivity contribution is 0.0689. The second kappa shape index (κ2) is 18.2. The van der Waals surface area contributed by atoms with Gasteiger partial charge in [-0.05, 0) is 111 Å². The average molecular weight is 875 g/mol. The maximum absolute atomic E-state index is 13.3. The molecule has 0 radical (unpaired) electrons. The predicted molar refractivity (Wildman–Crippen MR) is 243 cm³/mol. The van der Waals surface area contributed by atoms with Gasteiger partial charge in [-0.1, -0.05) is 40.5 Å². The second-order valence-electron chi connectivity index (χ2n) is 18.5. The molecule has 5 aliphatic rings. The molecule has 1 aliphatic carbocycles. The average Bonchev–Trinajstić information content (AvgIpc) is 3.99. The molecule has 3 fully saturated rings. The molecule has 12 nitrogen and oxygen atoms in total. The number of aromatic nitrogens is 2. The summed E-state index contributed by atoms with van der Waals surface area (Å²) in [5.41, 5.74) is 6.72. The Morgan fingerprint density at radius 1 is 0.639 bits per heavy atom. The van der Waals surface area contributed by atoms with Crippen molar-refractivity contribution in [2.45, 2.75) is 124 Å². The number of rotatable bonds is 9. The SMILES string of the molecule is CCCS(=O)(=O)n1c2c(c3cc(C(=O)N4CCC(C)CC4)ccc31)CN(C1CCCC1)CC2.CCCS(=O)(=O)n1c2c(c3cc(C(=O)N4CCC(C)CC4)ccc31)CNCC2.